The Morgan fingerprint density at radius 3 is 2.54 bits per heavy atom. The SMILES string of the molecule is CC1c2ccc(C(=O)NCc3ccc(OCC(=O)O)cc3)cc2N(Cc2c(F)cccc2Cl)C(=O)N1C. The van der Waals surface area contributed by atoms with Crippen molar-refractivity contribution in [1.82, 2.24) is 10.2 Å². The first kappa shape index (κ1) is 26.0. The average Bonchev–Trinajstić information content (AvgIpc) is 2.89. The van der Waals surface area contributed by atoms with Gasteiger partial charge in [-0.1, -0.05) is 35.9 Å². The fraction of sp³-hybridized carbons (Fsp3) is 0.222. The molecule has 1 unspecified atom stereocenters. The van der Waals surface area contributed by atoms with E-state index in [1.807, 2.05) is 6.92 Å². The summed E-state index contributed by atoms with van der Waals surface area (Å²) in [5, 5.41) is 11.7. The van der Waals surface area contributed by atoms with Crippen LogP contribution in [0.2, 0.25) is 5.02 Å². The zero-order chi connectivity index (χ0) is 26.7. The zero-order valence-corrected chi connectivity index (χ0v) is 21.0. The number of halogens is 2. The third kappa shape index (κ3) is 5.67. The van der Waals surface area contributed by atoms with Gasteiger partial charge >= 0.3 is 12.0 Å². The van der Waals surface area contributed by atoms with Gasteiger partial charge in [-0.2, -0.15) is 0 Å². The Labute approximate surface area is 218 Å². The summed E-state index contributed by atoms with van der Waals surface area (Å²) in [6, 6.07) is 15.6. The molecule has 3 aromatic rings. The highest BCUT2D eigenvalue weighted by molar-refractivity contribution is 6.31. The van der Waals surface area contributed by atoms with Crippen LogP contribution in [0.25, 0.3) is 0 Å². The Balaban J connectivity index is 1.53. The van der Waals surface area contributed by atoms with Crippen molar-refractivity contribution in [2.24, 2.45) is 0 Å². The number of amides is 3. The maximum absolute atomic E-state index is 14.5. The lowest BCUT2D eigenvalue weighted by Crippen LogP contribution is -2.46. The number of carbonyl (C=O) groups is 3. The van der Waals surface area contributed by atoms with Gasteiger partial charge in [0.1, 0.15) is 11.6 Å². The first-order chi connectivity index (χ1) is 17.7. The van der Waals surface area contributed by atoms with Gasteiger partial charge in [0.25, 0.3) is 5.91 Å². The van der Waals surface area contributed by atoms with Crippen LogP contribution in [0.3, 0.4) is 0 Å². The number of carboxylic acids is 1. The molecule has 0 fully saturated rings. The van der Waals surface area contributed by atoms with E-state index in [2.05, 4.69) is 5.32 Å². The van der Waals surface area contributed by atoms with Crippen molar-refractivity contribution in [3.05, 3.63) is 93.8 Å². The van der Waals surface area contributed by atoms with Gasteiger partial charge in [0.05, 0.1) is 18.3 Å². The molecule has 1 atom stereocenters. The van der Waals surface area contributed by atoms with Crippen LogP contribution in [0.1, 0.15) is 40.0 Å². The molecule has 0 saturated carbocycles. The summed E-state index contributed by atoms with van der Waals surface area (Å²) >= 11 is 6.22. The minimum Gasteiger partial charge on any atom is -0.482 e. The smallest absolute Gasteiger partial charge is 0.341 e. The number of hydrogen-bond donors (Lipinski definition) is 2. The summed E-state index contributed by atoms with van der Waals surface area (Å²) in [4.78, 5) is 39.7. The second-order valence-electron chi connectivity index (χ2n) is 8.64. The number of aliphatic carboxylic acids is 1. The van der Waals surface area contributed by atoms with E-state index in [-0.39, 0.29) is 41.7 Å². The van der Waals surface area contributed by atoms with E-state index >= 15 is 0 Å². The number of benzene rings is 3. The molecule has 0 aromatic heterocycles. The highest BCUT2D eigenvalue weighted by atomic mass is 35.5. The number of hydrogen-bond acceptors (Lipinski definition) is 4. The Bertz CT molecular complexity index is 1330. The summed E-state index contributed by atoms with van der Waals surface area (Å²) < 4.78 is 19.6. The Morgan fingerprint density at radius 1 is 1.14 bits per heavy atom. The summed E-state index contributed by atoms with van der Waals surface area (Å²) in [5.41, 5.74) is 2.66. The molecular weight excluding hydrogens is 501 g/mol. The van der Waals surface area contributed by atoms with Gasteiger partial charge in [-0.25, -0.2) is 14.0 Å². The molecule has 8 nitrogen and oxygen atoms in total. The fourth-order valence-electron chi connectivity index (χ4n) is 4.07. The third-order valence-corrected chi connectivity index (χ3v) is 6.62. The van der Waals surface area contributed by atoms with Crippen LogP contribution in [0, 0.1) is 5.82 Å². The predicted molar refractivity (Wildman–Crippen MR) is 136 cm³/mol. The number of nitrogens with zero attached hydrogens (tertiary/aromatic N) is 2. The summed E-state index contributed by atoms with van der Waals surface area (Å²) in [6.07, 6.45) is 0. The molecule has 10 heteroatoms. The molecule has 0 bridgehead atoms. The van der Waals surface area contributed by atoms with Crippen LogP contribution < -0.4 is 15.0 Å². The second kappa shape index (κ2) is 10.9. The highest BCUT2D eigenvalue weighted by Gasteiger charge is 2.34. The van der Waals surface area contributed by atoms with Gasteiger partial charge in [-0.3, -0.25) is 9.69 Å². The van der Waals surface area contributed by atoms with Crippen molar-refractivity contribution >= 4 is 35.2 Å². The third-order valence-electron chi connectivity index (χ3n) is 6.26. The number of urea groups is 1. The van der Waals surface area contributed by atoms with E-state index in [0.717, 1.165) is 11.1 Å². The lowest BCUT2D eigenvalue weighted by Gasteiger charge is -2.39. The molecule has 3 amide bonds. The molecule has 2 N–H and O–H groups in total. The molecule has 3 aromatic carbocycles. The Morgan fingerprint density at radius 2 is 1.86 bits per heavy atom. The van der Waals surface area contributed by atoms with Gasteiger partial charge < -0.3 is 20.1 Å². The Kier molecular flexibility index (Phi) is 7.63. The number of carbonyl (C=O) groups excluding carboxylic acids is 2. The van der Waals surface area contributed by atoms with Crippen molar-refractivity contribution in [2.75, 3.05) is 18.6 Å². The van der Waals surface area contributed by atoms with Gasteiger partial charge in [-0.15, -0.1) is 0 Å². The van der Waals surface area contributed by atoms with Crippen molar-refractivity contribution in [3.8, 4) is 5.75 Å². The minimum atomic E-state index is -1.07. The molecule has 1 aliphatic heterocycles. The number of ether oxygens (including phenoxy) is 1. The maximum atomic E-state index is 14.5. The fourth-order valence-corrected chi connectivity index (χ4v) is 4.29. The number of rotatable bonds is 8. The van der Waals surface area contributed by atoms with E-state index in [1.165, 1.54) is 17.0 Å². The molecule has 192 valence electrons. The molecule has 1 aliphatic rings. The normalized spacial score (nSPS) is 14.8. The molecule has 1 heterocycles. The van der Waals surface area contributed by atoms with Crippen LogP contribution >= 0.6 is 11.6 Å². The molecule has 37 heavy (non-hydrogen) atoms. The molecule has 0 spiro atoms. The van der Waals surface area contributed by atoms with Crippen LogP contribution in [0.15, 0.2) is 60.7 Å². The summed E-state index contributed by atoms with van der Waals surface area (Å²) in [7, 11) is 1.67. The van der Waals surface area contributed by atoms with Crippen molar-refractivity contribution in [1.29, 1.82) is 0 Å². The van der Waals surface area contributed by atoms with E-state index < -0.39 is 18.4 Å². The van der Waals surface area contributed by atoms with E-state index in [9.17, 15) is 18.8 Å². The number of nitrogens with one attached hydrogen (secondary N) is 1. The van der Waals surface area contributed by atoms with Crippen molar-refractivity contribution in [3.63, 3.8) is 0 Å². The molecule has 4 rings (SSSR count). The summed E-state index contributed by atoms with van der Waals surface area (Å²) in [6.45, 7) is 1.58. The predicted octanol–water partition coefficient (Wildman–Crippen LogP) is 5.01. The topological polar surface area (TPSA) is 99.2 Å². The molecule has 0 radical (unpaired) electrons. The largest absolute Gasteiger partial charge is 0.482 e. The maximum Gasteiger partial charge on any atom is 0.341 e. The van der Waals surface area contributed by atoms with Crippen LogP contribution in [0.5, 0.6) is 5.75 Å². The second-order valence-corrected chi connectivity index (χ2v) is 9.05. The zero-order valence-electron chi connectivity index (χ0n) is 20.2. The highest BCUT2D eigenvalue weighted by Crippen LogP contribution is 2.38. The quantitative estimate of drug-likeness (QED) is 0.431. The first-order valence-corrected chi connectivity index (χ1v) is 11.9. The van der Waals surface area contributed by atoms with Crippen molar-refractivity contribution in [2.45, 2.75) is 26.1 Å². The number of anilines is 1. The monoisotopic (exact) mass is 525 g/mol. The van der Waals surface area contributed by atoms with Gasteiger partial charge in [0, 0.05) is 29.7 Å². The van der Waals surface area contributed by atoms with Gasteiger partial charge in [-0.05, 0) is 54.4 Å². The minimum absolute atomic E-state index is 0.0875. The molecular formula is C27H25ClFN3O5. The van der Waals surface area contributed by atoms with E-state index in [0.29, 0.717) is 17.0 Å². The van der Waals surface area contributed by atoms with E-state index in [1.54, 1.807) is 60.5 Å². The standard InChI is InChI=1S/C27H25ClFN3O5/c1-16-20-11-8-18(26(35)30-13-17-6-9-19(10-7-17)37-15-25(33)34)12-24(20)32(27(36)31(16)2)14-21-22(28)4-3-5-23(21)29/h3-12,16H,13-15H2,1-2H3,(H,30,35)(H,33,34). The average molecular weight is 526 g/mol. The van der Waals surface area contributed by atoms with Crippen LogP contribution in [-0.2, 0) is 17.9 Å². The van der Waals surface area contributed by atoms with Gasteiger partial charge in [0.15, 0.2) is 6.61 Å². The lowest BCUT2D eigenvalue weighted by molar-refractivity contribution is -0.139. The Hall–Kier alpha value is -4.11. The van der Waals surface area contributed by atoms with Gasteiger partial charge in [0.2, 0.25) is 0 Å². The molecule has 0 aliphatic carbocycles. The molecule has 0 saturated heterocycles. The van der Waals surface area contributed by atoms with Crippen LogP contribution in [0.4, 0.5) is 14.9 Å². The van der Waals surface area contributed by atoms with Crippen molar-refractivity contribution < 1.29 is 28.6 Å². The number of fused-ring (bicyclic) bond motifs is 1. The first-order valence-electron chi connectivity index (χ1n) is 11.5. The summed E-state index contributed by atoms with van der Waals surface area (Å²) in [5.74, 6) is -1.53. The lowest BCUT2D eigenvalue weighted by atomic mass is 9.98. The van der Waals surface area contributed by atoms with E-state index in [4.69, 9.17) is 21.4 Å². The van der Waals surface area contributed by atoms with Crippen LogP contribution in [-0.4, -0.2) is 41.6 Å². The number of carboxylic acid groups (broad SMARTS) is 1.